The van der Waals surface area contributed by atoms with Crippen molar-refractivity contribution in [1.29, 1.82) is 0 Å². The van der Waals surface area contributed by atoms with Crippen LogP contribution in [0.5, 0.6) is 0 Å². The third kappa shape index (κ3) is 6.72. The molecule has 2 aromatic carbocycles. The Kier molecular flexibility index (Phi) is 8.93. The second-order valence-corrected chi connectivity index (χ2v) is 7.69. The minimum absolute atomic E-state index is 0.119. The molecule has 0 heterocycles. The summed E-state index contributed by atoms with van der Waals surface area (Å²) in [6.07, 6.45) is 1.57. The normalized spacial score (nSPS) is 11.8. The van der Waals surface area contributed by atoms with Crippen molar-refractivity contribution in [2.45, 2.75) is 45.7 Å². The van der Waals surface area contributed by atoms with E-state index in [1.54, 1.807) is 25.1 Å². The maximum atomic E-state index is 14.2. The van der Waals surface area contributed by atoms with Gasteiger partial charge >= 0.3 is 0 Å². The molecule has 2 rings (SSSR count). The van der Waals surface area contributed by atoms with Crippen LogP contribution in [-0.2, 0) is 22.6 Å². The Hall–Kier alpha value is -2.11. The lowest BCUT2D eigenvalue weighted by molar-refractivity contribution is -0.140. The Bertz CT molecular complexity index is 840. The molecule has 0 radical (unpaired) electrons. The highest BCUT2D eigenvalue weighted by Crippen LogP contribution is 2.22. The summed E-state index contributed by atoms with van der Waals surface area (Å²) in [4.78, 5) is 27.1. The molecule has 0 aromatic heterocycles. The molecule has 0 fully saturated rings. The van der Waals surface area contributed by atoms with Crippen LogP contribution >= 0.6 is 23.2 Å². The van der Waals surface area contributed by atoms with Gasteiger partial charge < -0.3 is 10.2 Å². The second kappa shape index (κ2) is 11.2. The zero-order chi connectivity index (χ0) is 21.4. The molecule has 7 heteroatoms. The molecule has 29 heavy (non-hydrogen) atoms. The van der Waals surface area contributed by atoms with Crippen molar-refractivity contribution in [3.8, 4) is 0 Å². The quantitative estimate of drug-likeness (QED) is 0.559. The molecule has 4 nitrogen and oxygen atoms in total. The Morgan fingerprint density at radius 1 is 1.17 bits per heavy atom. The summed E-state index contributed by atoms with van der Waals surface area (Å²) in [5.74, 6) is -1.20. The van der Waals surface area contributed by atoms with E-state index in [0.29, 0.717) is 11.6 Å². The molecular weight excluding hydrogens is 414 g/mol. The molecule has 0 aliphatic carbocycles. The highest BCUT2D eigenvalue weighted by molar-refractivity contribution is 6.31. The molecule has 2 aromatic rings. The van der Waals surface area contributed by atoms with Crippen LogP contribution < -0.4 is 5.32 Å². The van der Waals surface area contributed by atoms with Crippen LogP contribution in [0.4, 0.5) is 4.39 Å². The minimum Gasteiger partial charge on any atom is -0.354 e. The molecule has 0 aliphatic heterocycles. The van der Waals surface area contributed by atoms with Gasteiger partial charge in [0.1, 0.15) is 11.9 Å². The molecule has 0 unspecified atom stereocenters. The van der Waals surface area contributed by atoms with Gasteiger partial charge in [-0.1, -0.05) is 54.7 Å². The molecular formula is C22H25Cl2FN2O2. The molecule has 156 valence electrons. The smallest absolute Gasteiger partial charge is 0.242 e. The minimum atomic E-state index is -0.733. The standard InChI is InChI=1S/C22H25Cl2FN2O2/c1-3-4-11-26-22(29)15(2)27(14-16-7-5-8-17(23)12-16)21(28)13-18-19(24)9-6-10-20(18)25/h5-10,12,15H,3-4,11,13-14H2,1-2H3,(H,26,29)/t15-/m1/s1. The van der Waals surface area contributed by atoms with Crippen molar-refractivity contribution in [3.63, 3.8) is 0 Å². The van der Waals surface area contributed by atoms with Crippen LogP contribution in [0.15, 0.2) is 42.5 Å². The summed E-state index contributed by atoms with van der Waals surface area (Å²) in [5.41, 5.74) is 0.896. The Morgan fingerprint density at radius 2 is 1.90 bits per heavy atom. The number of amides is 2. The lowest BCUT2D eigenvalue weighted by atomic mass is 10.1. The number of nitrogens with zero attached hydrogens (tertiary/aromatic N) is 1. The number of unbranched alkanes of at least 4 members (excludes halogenated alkanes) is 1. The largest absolute Gasteiger partial charge is 0.354 e. The van der Waals surface area contributed by atoms with Crippen molar-refractivity contribution in [1.82, 2.24) is 10.2 Å². The summed E-state index contributed by atoms with van der Waals surface area (Å²) in [5, 5.41) is 3.56. The highest BCUT2D eigenvalue weighted by Gasteiger charge is 2.27. The zero-order valence-electron chi connectivity index (χ0n) is 16.6. The van der Waals surface area contributed by atoms with E-state index >= 15 is 0 Å². The fourth-order valence-corrected chi connectivity index (χ4v) is 3.35. The molecule has 0 saturated carbocycles. The number of halogens is 3. The predicted molar refractivity (Wildman–Crippen MR) is 114 cm³/mol. The van der Waals surface area contributed by atoms with Gasteiger partial charge in [-0.15, -0.1) is 0 Å². The summed E-state index contributed by atoms with van der Waals surface area (Å²) in [6, 6.07) is 10.6. The first-order valence-corrected chi connectivity index (χ1v) is 10.3. The maximum Gasteiger partial charge on any atom is 0.242 e. The van der Waals surface area contributed by atoms with Crippen LogP contribution in [0.1, 0.15) is 37.8 Å². The highest BCUT2D eigenvalue weighted by atomic mass is 35.5. The average Bonchev–Trinajstić information content (AvgIpc) is 2.68. The van der Waals surface area contributed by atoms with Crippen LogP contribution in [0.3, 0.4) is 0 Å². The first-order valence-electron chi connectivity index (χ1n) is 9.58. The average molecular weight is 439 g/mol. The van der Waals surface area contributed by atoms with E-state index in [2.05, 4.69) is 5.32 Å². The van der Waals surface area contributed by atoms with Crippen LogP contribution in [0.2, 0.25) is 10.0 Å². The third-order valence-electron chi connectivity index (χ3n) is 4.63. The number of benzene rings is 2. The van der Waals surface area contributed by atoms with Crippen molar-refractivity contribution in [2.75, 3.05) is 6.54 Å². The van der Waals surface area contributed by atoms with Crippen LogP contribution in [-0.4, -0.2) is 29.3 Å². The van der Waals surface area contributed by atoms with E-state index in [1.807, 2.05) is 13.0 Å². The topological polar surface area (TPSA) is 49.4 Å². The first-order chi connectivity index (χ1) is 13.8. The lowest BCUT2D eigenvalue weighted by Crippen LogP contribution is -2.48. The van der Waals surface area contributed by atoms with Crippen molar-refractivity contribution >= 4 is 35.0 Å². The van der Waals surface area contributed by atoms with E-state index in [0.717, 1.165) is 18.4 Å². The van der Waals surface area contributed by atoms with Crippen LogP contribution in [0.25, 0.3) is 0 Å². The zero-order valence-corrected chi connectivity index (χ0v) is 18.1. The van der Waals surface area contributed by atoms with Gasteiger partial charge in [-0.2, -0.15) is 0 Å². The Labute approximate surface area is 181 Å². The van der Waals surface area contributed by atoms with Crippen molar-refractivity contribution < 1.29 is 14.0 Å². The van der Waals surface area contributed by atoms with E-state index in [1.165, 1.54) is 23.1 Å². The summed E-state index contributed by atoms with van der Waals surface area (Å²) in [6.45, 7) is 4.40. The van der Waals surface area contributed by atoms with Gasteiger partial charge in [0, 0.05) is 28.7 Å². The number of nitrogens with one attached hydrogen (secondary N) is 1. The number of rotatable bonds is 9. The van der Waals surface area contributed by atoms with Crippen molar-refractivity contribution in [3.05, 3.63) is 69.5 Å². The number of hydrogen-bond acceptors (Lipinski definition) is 2. The van der Waals surface area contributed by atoms with E-state index < -0.39 is 17.8 Å². The summed E-state index contributed by atoms with van der Waals surface area (Å²) < 4.78 is 14.2. The SMILES string of the molecule is CCCCNC(=O)[C@@H](C)N(Cc1cccc(Cl)c1)C(=O)Cc1c(F)cccc1Cl. The van der Waals surface area contributed by atoms with E-state index in [4.69, 9.17) is 23.2 Å². The van der Waals surface area contributed by atoms with Gasteiger partial charge in [-0.3, -0.25) is 9.59 Å². The van der Waals surface area contributed by atoms with E-state index in [9.17, 15) is 14.0 Å². The monoisotopic (exact) mass is 438 g/mol. The van der Waals surface area contributed by atoms with Gasteiger partial charge in [-0.25, -0.2) is 4.39 Å². The molecule has 2 amide bonds. The van der Waals surface area contributed by atoms with Gasteiger partial charge in [0.25, 0.3) is 0 Å². The molecule has 0 aliphatic rings. The van der Waals surface area contributed by atoms with Crippen molar-refractivity contribution in [2.24, 2.45) is 0 Å². The molecule has 0 bridgehead atoms. The van der Waals surface area contributed by atoms with Gasteiger partial charge in [-0.05, 0) is 43.2 Å². The van der Waals surface area contributed by atoms with Crippen LogP contribution in [0, 0.1) is 5.82 Å². The molecule has 1 N–H and O–H groups in total. The van der Waals surface area contributed by atoms with Gasteiger partial charge in [0.2, 0.25) is 11.8 Å². The molecule has 0 saturated heterocycles. The molecule has 0 spiro atoms. The fraction of sp³-hybridized carbons (Fsp3) is 0.364. The maximum absolute atomic E-state index is 14.2. The number of hydrogen-bond donors (Lipinski definition) is 1. The number of carbonyl (C=O) groups excluding carboxylic acids is 2. The van der Waals surface area contributed by atoms with E-state index in [-0.39, 0.29) is 29.5 Å². The van der Waals surface area contributed by atoms with Gasteiger partial charge in [0.05, 0.1) is 6.42 Å². The lowest BCUT2D eigenvalue weighted by Gasteiger charge is -2.29. The molecule has 1 atom stereocenters. The predicted octanol–water partition coefficient (Wildman–Crippen LogP) is 5.01. The summed E-state index contributed by atoms with van der Waals surface area (Å²) >= 11 is 12.1. The fourth-order valence-electron chi connectivity index (χ4n) is 2.90. The third-order valence-corrected chi connectivity index (χ3v) is 5.22. The Morgan fingerprint density at radius 3 is 2.55 bits per heavy atom. The van der Waals surface area contributed by atoms with Gasteiger partial charge in [0.15, 0.2) is 0 Å². The number of carbonyl (C=O) groups is 2. The summed E-state index contributed by atoms with van der Waals surface area (Å²) in [7, 11) is 0. The second-order valence-electron chi connectivity index (χ2n) is 6.85. The Balaban J connectivity index is 2.25. The first kappa shape index (κ1) is 23.2.